The van der Waals surface area contributed by atoms with Gasteiger partial charge >= 0.3 is 5.92 Å². The lowest BCUT2D eigenvalue weighted by atomic mass is 9.74. The van der Waals surface area contributed by atoms with E-state index in [0.717, 1.165) is 10.5 Å². The van der Waals surface area contributed by atoms with Crippen molar-refractivity contribution >= 4 is 11.8 Å². The van der Waals surface area contributed by atoms with Crippen LogP contribution in [0.25, 0.3) is 0 Å². The van der Waals surface area contributed by atoms with Gasteiger partial charge in [0.25, 0.3) is 5.91 Å². The SMILES string of the molecule is NC(=O)C1c2ccccc2CCN1C(=O)C(F)(F)C1(O)CCC1. The summed E-state index contributed by atoms with van der Waals surface area (Å²) in [5.74, 6) is -6.31. The van der Waals surface area contributed by atoms with Crippen molar-refractivity contribution in [3.8, 4) is 0 Å². The molecule has 1 fully saturated rings. The van der Waals surface area contributed by atoms with E-state index in [1.165, 1.54) is 0 Å². The van der Waals surface area contributed by atoms with Gasteiger partial charge in [0, 0.05) is 6.54 Å². The van der Waals surface area contributed by atoms with Crippen molar-refractivity contribution in [3.05, 3.63) is 35.4 Å². The molecular formula is C16H18F2N2O3. The molecule has 1 aliphatic carbocycles. The zero-order chi connectivity index (χ0) is 16.8. The third kappa shape index (κ3) is 2.30. The summed E-state index contributed by atoms with van der Waals surface area (Å²) < 4.78 is 28.9. The maximum atomic E-state index is 14.5. The summed E-state index contributed by atoms with van der Waals surface area (Å²) in [6, 6.07) is 5.60. The first-order valence-electron chi connectivity index (χ1n) is 7.56. The maximum absolute atomic E-state index is 14.5. The van der Waals surface area contributed by atoms with Crippen LogP contribution in [0.4, 0.5) is 8.78 Å². The Labute approximate surface area is 132 Å². The van der Waals surface area contributed by atoms with Crippen LogP contribution in [-0.2, 0) is 16.0 Å². The average molecular weight is 324 g/mol. The predicted molar refractivity (Wildman–Crippen MR) is 77.5 cm³/mol. The molecule has 1 aliphatic heterocycles. The summed E-state index contributed by atoms with van der Waals surface area (Å²) in [6.45, 7) is -0.0326. The molecule has 3 rings (SSSR count). The molecule has 1 unspecified atom stereocenters. The van der Waals surface area contributed by atoms with Crippen molar-refractivity contribution < 1.29 is 23.5 Å². The Kier molecular flexibility index (Phi) is 3.63. The summed E-state index contributed by atoms with van der Waals surface area (Å²) in [5.41, 5.74) is 4.33. The van der Waals surface area contributed by atoms with Gasteiger partial charge in [0.1, 0.15) is 11.6 Å². The van der Waals surface area contributed by atoms with E-state index < -0.39 is 29.4 Å². The standard InChI is InChI=1S/C16H18F2N2O3/c17-16(18,15(23)7-3-8-15)14(22)20-9-6-10-4-1-2-5-11(10)12(20)13(19)21/h1-2,4-5,12,23H,3,6-9H2,(H2,19,21). The number of carbonyl (C=O) groups excluding carboxylic acids is 2. The van der Waals surface area contributed by atoms with Crippen molar-refractivity contribution in [2.24, 2.45) is 5.73 Å². The van der Waals surface area contributed by atoms with Gasteiger partial charge in [-0.05, 0) is 36.8 Å². The van der Waals surface area contributed by atoms with Crippen LogP contribution in [-0.4, -0.2) is 39.9 Å². The minimum Gasteiger partial charge on any atom is -0.383 e. The molecule has 1 heterocycles. The molecule has 0 bridgehead atoms. The van der Waals surface area contributed by atoms with Gasteiger partial charge in [-0.2, -0.15) is 8.78 Å². The number of amides is 2. The second-order valence-electron chi connectivity index (χ2n) is 6.21. The second-order valence-corrected chi connectivity index (χ2v) is 6.21. The number of carbonyl (C=O) groups is 2. The summed E-state index contributed by atoms with van der Waals surface area (Å²) in [7, 11) is 0. The van der Waals surface area contributed by atoms with Crippen LogP contribution in [0.1, 0.15) is 36.4 Å². The van der Waals surface area contributed by atoms with Crippen LogP contribution in [0.15, 0.2) is 24.3 Å². The third-order valence-corrected chi connectivity index (χ3v) is 4.85. The van der Waals surface area contributed by atoms with Crippen LogP contribution >= 0.6 is 0 Å². The molecule has 23 heavy (non-hydrogen) atoms. The van der Waals surface area contributed by atoms with Gasteiger partial charge < -0.3 is 15.7 Å². The number of hydrogen-bond donors (Lipinski definition) is 2. The summed E-state index contributed by atoms with van der Waals surface area (Å²) in [5, 5.41) is 9.95. The first kappa shape index (κ1) is 15.9. The number of halogens is 2. The molecule has 0 radical (unpaired) electrons. The lowest BCUT2D eigenvalue weighted by Crippen LogP contribution is -2.63. The number of aliphatic hydroxyl groups is 1. The fourth-order valence-corrected chi connectivity index (χ4v) is 3.30. The highest BCUT2D eigenvalue weighted by molar-refractivity contribution is 5.92. The van der Waals surface area contributed by atoms with Crippen LogP contribution in [0.2, 0.25) is 0 Å². The smallest absolute Gasteiger partial charge is 0.352 e. The van der Waals surface area contributed by atoms with Gasteiger partial charge in [-0.15, -0.1) is 0 Å². The molecule has 5 nitrogen and oxygen atoms in total. The molecule has 1 aromatic rings. The van der Waals surface area contributed by atoms with Crippen molar-refractivity contribution in [3.63, 3.8) is 0 Å². The number of benzene rings is 1. The van der Waals surface area contributed by atoms with Crippen molar-refractivity contribution in [2.75, 3.05) is 6.54 Å². The van der Waals surface area contributed by atoms with Gasteiger partial charge in [0.05, 0.1) is 0 Å². The van der Waals surface area contributed by atoms with Gasteiger partial charge in [-0.1, -0.05) is 24.3 Å². The fourth-order valence-electron chi connectivity index (χ4n) is 3.30. The minimum absolute atomic E-state index is 0.0326. The van der Waals surface area contributed by atoms with E-state index in [9.17, 15) is 23.5 Å². The van der Waals surface area contributed by atoms with E-state index in [2.05, 4.69) is 0 Å². The lowest BCUT2D eigenvalue weighted by molar-refractivity contribution is -0.225. The molecular weight excluding hydrogens is 306 g/mol. The first-order chi connectivity index (χ1) is 10.8. The second kappa shape index (κ2) is 5.26. The van der Waals surface area contributed by atoms with Crippen molar-refractivity contribution in [2.45, 2.75) is 43.2 Å². The Morgan fingerprint density at radius 2 is 1.96 bits per heavy atom. The minimum atomic E-state index is -3.93. The highest BCUT2D eigenvalue weighted by Gasteiger charge is 2.63. The third-order valence-electron chi connectivity index (χ3n) is 4.85. The quantitative estimate of drug-likeness (QED) is 0.875. The Hall–Kier alpha value is -2.02. The Morgan fingerprint density at radius 3 is 2.52 bits per heavy atom. The van der Waals surface area contributed by atoms with E-state index in [4.69, 9.17) is 5.73 Å². The average Bonchev–Trinajstić information content (AvgIpc) is 2.50. The van der Waals surface area contributed by atoms with Gasteiger partial charge in [-0.25, -0.2) is 0 Å². The van der Waals surface area contributed by atoms with Gasteiger partial charge in [0.15, 0.2) is 0 Å². The molecule has 0 saturated heterocycles. The van der Waals surface area contributed by atoms with E-state index >= 15 is 0 Å². The first-order valence-corrected chi connectivity index (χ1v) is 7.56. The maximum Gasteiger partial charge on any atom is 0.352 e. The number of nitrogens with two attached hydrogens (primary N) is 1. The van der Waals surface area contributed by atoms with Crippen LogP contribution < -0.4 is 5.73 Å². The molecule has 1 saturated carbocycles. The number of rotatable bonds is 3. The predicted octanol–water partition coefficient (Wildman–Crippen LogP) is 1.15. The monoisotopic (exact) mass is 324 g/mol. The molecule has 1 aromatic carbocycles. The van der Waals surface area contributed by atoms with E-state index in [1.807, 2.05) is 0 Å². The topological polar surface area (TPSA) is 83.6 Å². The Bertz CT molecular complexity index is 658. The summed E-state index contributed by atoms with van der Waals surface area (Å²) in [6.07, 6.45) is 0.552. The van der Waals surface area contributed by atoms with Crippen molar-refractivity contribution in [1.82, 2.24) is 4.90 Å². The zero-order valence-electron chi connectivity index (χ0n) is 12.5. The zero-order valence-corrected chi connectivity index (χ0v) is 12.5. The van der Waals surface area contributed by atoms with Gasteiger partial charge in [0.2, 0.25) is 5.91 Å². The fraction of sp³-hybridized carbons (Fsp3) is 0.500. The number of nitrogens with zero attached hydrogens (tertiary/aromatic N) is 1. The molecule has 2 aliphatic rings. The number of alkyl halides is 2. The van der Waals surface area contributed by atoms with Gasteiger partial charge in [-0.3, -0.25) is 9.59 Å². The van der Waals surface area contributed by atoms with Crippen LogP contribution in [0.5, 0.6) is 0 Å². The lowest BCUT2D eigenvalue weighted by Gasteiger charge is -2.45. The van der Waals surface area contributed by atoms with Crippen LogP contribution in [0.3, 0.4) is 0 Å². The molecule has 2 amide bonds. The number of fused-ring (bicyclic) bond motifs is 1. The molecule has 1 atom stereocenters. The molecule has 0 aromatic heterocycles. The number of primary amides is 1. The highest BCUT2D eigenvalue weighted by atomic mass is 19.3. The number of hydrogen-bond acceptors (Lipinski definition) is 3. The largest absolute Gasteiger partial charge is 0.383 e. The molecule has 3 N–H and O–H groups in total. The molecule has 7 heteroatoms. The Balaban J connectivity index is 1.96. The molecule has 0 spiro atoms. The normalized spacial score (nSPS) is 22.9. The summed E-state index contributed by atoms with van der Waals surface area (Å²) in [4.78, 5) is 25.0. The van der Waals surface area contributed by atoms with Crippen molar-refractivity contribution in [1.29, 1.82) is 0 Å². The van der Waals surface area contributed by atoms with E-state index in [-0.39, 0.29) is 19.4 Å². The summed E-state index contributed by atoms with van der Waals surface area (Å²) >= 11 is 0. The van der Waals surface area contributed by atoms with E-state index in [1.54, 1.807) is 24.3 Å². The van der Waals surface area contributed by atoms with Crippen LogP contribution in [0, 0.1) is 0 Å². The Morgan fingerprint density at radius 1 is 1.30 bits per heavy atom. The molecule has 124 valence electrons. The van der Waals surface area contributed by atoms with E-state index in [0.29, 0.717) is 18.4 Å². The highest BCUT2D eigenvalue weighted by Crippen LogP contribution is 2.46.